The van der Waals surface area contributed by atoms with Crippen LogP contribution >= 0.6 is 0 Å². The largest absolute Gasteiger partial charge is 0.444 e. The molecule has 2 fully saturated rings. The molecule has 2 aliphatic heterocycles. The van der Waals surface area contributed by atoms with Crippen molar-refractivity contribution in [3.63, 3.8) is 0 Å². The minimum atomic E-state index is -0.468. The Balaban J connectivity index is 1.82. The molecule has 1 atom stereocenters. The molecule has 5 nitrogen and oxygen atoms in total. The zero-order valence-corrected chi connectivity index (χ0v) is 14.1. The average molecular weight is 309 g/mol. The number of likely N-dealkylation sites (tertiary alicyclic amines) is 2. The first-order valence-corrected chi connectivity index (χ1v) is 8.42. The second kappa shape index (κ2) is 7.34. The number of carbonyl (C=O) groups excluding carboxylic acids is 2. The third kappa shape index (κ3) is 5.18. The van der Waals surface area contributed by atoms with E-state index in [-0.39, 0.29) is 17.9 Å². The third-order valence-corrected chi connectivity index (χ3v) is 4.19. The molecule has 0 bridgehead atoms. The number of piperidine rings is 2. The highest BCUT2D eigenvalue weighted by Gasteiger charge is 2.29. The van der Waals surface area contributed by atoms with Crippen molar-refractivity contribution in [2.75, 3.05) is 26.2 Å². The lowest BCUT2D eigenvalue weighted by Gasteiger charge is -2.35. The fourth-order valence-electron chi connectivity index (χ4n) is 3.10. The van der Waals surface area contributed by atoms with E-state index in [0.29, 0.717) is 13.0 Å². The van der Waals surface area contributed by atoms with Crippen LogP contribution in [0.1, 0.15) is 52.9 Å². The third-order valence-electron chi connectivity index (χ3n) is 4.19. The maximum absolute atomic E-state index is 12.3. The number of hydrogen-bond acceptors (Lipinski definition) is 3. The van der Waals surface area contributed by atoms with Gasteiger partial charge >= 0.3 is 6.09 Å². The van der Waals surface area contributed by atoms with E-state index in [0.717, 1.165) is 45.3 Å². The summed E-state index contributed by atoms with van der Waals surface area (Å²) in [4.78, 5) is 28.2. The molecule has 22 heavy (non-hydrogen) atoms. The molecule has 0 spiro atoms. The minimum absolute atomic E-state index is 0.240. The van der Waals surface area contributed by atoms with Crippen LogP contribution in [0.25, 0.3) is 0 Å². The van der Waals surface area contributed by atoms with Gasteiger partial charge in [0.1, 0.15) is 5.60 Å². The Hall–Kier alpha value is -1.26. The van der Waals surface area contributed by atoms with Crippen LogP contribution in [0.2, 0.25) is 0 Å². The smallest absolute Gasteiger partial charge is 0.410 e. The number of ether oxygens (including phenoxy) is 1. The molecule has 2 amide bonds. The fourth-order valence-corrected chi connectivity index (χ4v) is 3.10. The summed E-state index contributed by atoms with van der Waals surface area (Å²) in [6, 6.07) is 0. The molecule has 125 valence electrons. The Bertz CT molecular complexity index is 397. The Morgan fingerprint density at radius 2 is 1.82 bits per heavy atom. The van der Waals surface area contributed by atoms with Crippen molar-refractivity contribution in [3.8, 4) is 0 Å². The minimum Gasteiger partial charge on any atom is -0.444 e. The van der Waals surface area contributed by atoms with Crippen molar-refractivity contribution < 1.29 is 14.3 Å². The molecule has 0 N–H and O–H groups in total. The molecule has 2 rings (SSSR count). The maximum atomic E-state index is 12.3. The summed E-state index contributed by atoms with van der Waals surface area (Å²) in [5.41, 5.74) is -0.468. The quantitative estimate of drug-likeness (QED) is 0.788. The first-order valence-electron chi connectivity index (χ1n) is 8.42. The van der Waals surface area contributed by atoms with Gasteiger partial charge < -0.3 is 14.5 Å². The van der Waals surface area contributed by atoms with Crippen LogP contribution in [0.5, 0.6) is 0 Å². The highest BCUT2D eigenvalue weighted by Crippen LogP contribution is 2.23. The molecule has 0 unspecified atom stereocenters. The number of nitrogens with zero attached hydrogens (tertiary/aromatic N) is 2. The summed E-state index contributed by atoms with van der Waals surface area (Å²) in [5.74, 6) is 0.504. The Kier molecular flexibility index (Phi) is 5.70. The van der Waals surface area contributed by atoms with Gasteiger partial charge in [-0.1, -0.05) is 0 Å². The van der Waals surface area contributed by atoms with Crippen molar-refractivity contribution in [1.82, 2.24) is 9.80 Å². The van der Waals surface area contributed by atoms with E-state index < -0.39 is 5.60 Å². The summed E-state index contributed by atoms with van der Waals surface area (Å²) in [7, 11) is 0. The topological polar surface area (TPSA) is 49.9 Å². The van der Waals surface area contributed by atoms with Gasteiger partial charge in [-0.3, -0.25) is 4.79 Å². The normalized spacial score (nSPS) is 23.3. The second-order valence-electron chi connectivity index (χ2n) is 7.39. The number of carbonyl (C=O) groups is 2. The molecule has 0 aromatic rings. The molecule has 2 heterocycles. The fraction of sp³-hybridized carbons (Fsp3) is 0.824. The summed E-state index contributed by atoms with van der Waals surface area (Å²) >= 11 is 0. The molecule has 0 aliphatic carbocycles. The standard InChI is InChI=1S/C17H29N2O3/c1-17(2,3)22-16(21)19-11-7-8-14(13-19)12-15(20)18-9-5-4-6-10-18/h4,14H,5-13H2,1-3H3/t14-/m1/s1. The predicted molar refractivity (Wildman–Crippen MR) is 85.3 cm³/mol. The lowest BCUT2D eigenvalue weighted by molar-refractivity contribution is -0.133. The van der Waals surface area contributed by atoms with E-state index in [1.54, 1.807) is 4.90 Å². The Morgan fingerprint density at radius 1 is 1.14 bits per heavy atom. The van der Waals surface area contributed by atoms with Crippen LogP contribution in [-0.2, 0) is 9.53 Å². The molecular weight excluding hydrogens is 280 g/mol. The summed E-state index contributed by atoms with van der Waals surface area (Å²) in [6.07, 6.45) is 6.52. The van der Waals surface area contributed by atoms with Crippen molar-refractivity contribution in [2.45, 2.75) is 58.5 Å². The van der Waals surface area contributed by atoms with Gasteiger partial charge in [-0.2, -0.15) is 0 Å². The highest BCUT2D eigenvalue weighted by molar-refractivity contribution is 5.76. The van der Waals surface area contributed by atoms with Crippen LogP contribution in [0.4, 0.5) is 4.79 Å². The maximum Gasteiger partial charge on any atom is 0.410 e. The monoisotopic (exact) mass is 309 g/mol. The van der Waals surface area contributed by atoms with Crippen LogP contribution in [0.15, 0.2) is 0 Å². The van der Waals surface area contributed by atoms with Gasteiger partial charge in [-0.05, 0) is 58.8 Å². The van der Waals surface area contributed by atoms with Crippen LogP contribution in [0, 0.1) is 12.3 Å². The number of amides is 2. The number of hydrogen-bond donors (Lipinski definition) is 0. The van der Waals surface area contributed by atoms with E-state index in [9.17, 15) is 9.59 Å². The van der Waals surface area contributed by atoms with E-state index >= 15 is 0 Å². The lowest BCUT2D eigenvalue weighted by Crippen LogP contribution is -2.44. The Labute approximate surface area is 134 Å². The van der Waals surface area contributed by atoms with Crippen molar-refractivity contribution in [2.24, 2.45) is 5.92 Å². The van der Waals surface area contributed by atoms with Gasteiger partial charge in [-0.25, -0.2) is 4.79 Å². The molecule has 1 radical (unpaired) electrons. The molecule has 2 aliphatic rings. The Morgan fingerprint density at radius 3 is 2.45 bits per heavy atom. The van der Waals surface area contributed by atoms with Crippen molar-refractivity contribution in [1.29, 1.82) is 0 Å². The van der Waals surface area contributed by atoms with E-state index in [2.05, 4.69) is 6.42 Å². The molecule has 5 heteroatoms. The van der Waals surface area contributed by atoms with Gasteiger partial charge in [0.25, 0.3) is 0 Å². The van der Waals surface area contributed by atoms with Gasteiger partial charge in [0.05, 0.1) is 0 Å². The molecular formula is C17H29N2O3. The highest BCUT2D eigenvalue weighted by atomic mass is 16.6. The molecule has 0 aromatic heterocycles. The second-order valence-corrected chi connectivity index (χ2v) is 7.39. The number of rotatable bonds is 2. The lowest BCUT2D eigenvalue weighted by atomic mass is 9.94. The van der Waals surface area contributed by atoms with Gasteiger partial charge in [0, 0.05) is 32.6 Å². The van der Waals surface area contributed by atoms with Gasteiger partial charge in [0.2, 0.25) is 5.91 Å². The van der Waals surface area contributed by atoms with E-state index in [1.807, 2.05) is 25.7 Å². The zero-order valence-electron chi connectivity index (χ0n) is 14.1. The van der Waals surface area contributed by atoms with Crippen LogP contribution < -0.4 is 0 Å². The van der Waals surface area contributed by atoms with Crippen LogP contribution in [-0.4, -0.2) is 53.6 Å². The van der Waals surface area contributed by atoms with Crippen molar-refractivity contribution in [3.05, 3.63) is 6.42 Å². The SMILES string of the molecule is CC(C)(C)OC(=O)N1CCC[C@H](CC(=O)N2CC[CH]CC2)C1. The summed E-state index contributed by atoms with van der Waals surface area (Å²) in [5, 5.41) is 0. The van der Waals surface area contributed by atoms with Crippen molar-refractivity contribution >= 4 is 12.0 Å². The first-order chi connectivity index (χ1) is 10.3. The van der Waals surface area contributed by atoms with Gasteiger partial charge in [-0.15, -0.1) is 0 Å². The molecule has 0 aromatic carbocycles. The average Bonchev–Trinajstić information content (AvgIpc) is 2.46. The van der Waals surface area contributed by atoms with E-state index in [1.165, 1.54) is 0 Å². The van der Waals surface area contributed by atoms with Gasteiger partial charge in [0.15, 0.2) is 0 Å². The summed E-state index contributed by atoms with van der Waals surface area (Å²) in [6.45, 7) is 8.71. The zero-order chi connectivity index (χ0) is 16.2. The summed E-state index contributed by atoms with van der Waals surface area (Å²) < 4.78 is 5.43. The predicted octanol–water partition coefficient (Wildman–Crippen LogP) is 2.85. The molecule has 0 saturated carbocycles. The van der Waals surface area contributed by atoms with Crippen LogP contribution in [0.3, 0.4) is 0 Å². The van der Waals surface area contributed by atoms with E-state index in [4.69, 9.17) is 4.74 Å². The first kappa shape index (κ1) is 17.1. The molecule has 2 saturated heterocycles.